The first-order chi connectivity index (χ1) is 14.7. The van der Waals surface area contributed by atoms with Gasteiger partial charge in [-0.3, -0.25) is 4.79 Å². The van der Waals surface area contributed by atoms with E-state index < -0.39 is 0 Å². The van der Waals surface area contributed by atoms with E-state index in [0.717, 1.165) is 42.5 Å². The lowest BCUT2D eigenvalue weighted by Gasteiger charge is -2.35. The summed E-state index contributed by atoms with van der Waals surface area (Å²) in [4.78, 5) is 19.9. The van der Waals surface area contributed by atoms with E-state index in [0.29, 0.717) is 29.3 Å². The molecule has 0 spiro atoms. The number of aryl methyl sites for hydroxylation is 1. The monoisotopic (exact) mass is 401 g/mol. The average Bonchev–Trinajstić information content (AvgIpc) is 3.39. The zero-order valence-corrected chi connectivity index (χ0v) is 16.9. The van der Waals surface area contributed by atoms with E-state index in [1.165, 1.54) is 0 Å². The Balaban J connectivity index is 1.44. The summed E-state index contributed by atoms with van der Waals surface area (Å²) in [6, 6.07) is 17.6. The Hall–Kier alpha value is -3.41. The molecule has 1 unspecified atom stereocenters. The van der Waals surface area contributed by atoms with E-state index in [1.807, 2.05) is 47.4 Å². The molecule has 1 aliphatic rings. The van der Waals surface area contributed by atoms with Crippen molar-refractivity contribution in [2.75, 3.05) is 6.54 Å². The molecule has 4 aromatic rings. The van der Waals surface area contributed by atoms with Crippen LogP contribution in [0.1, 0.15) is 41.2 Å². The van der Waals surface area contributed by atoms with Gasteiger partial charge in [-0.15, -0.1) is 0 Å². The third kappa shape index (κ3) is 3.49. The molecule has 6 nitrogen and oxygen atoms in total. The molecular weight excluding hydrogens is 378 g/mol. The van der Waals surface area contributed by atoms with Gasteiger partial charge in [0.2, 0.25) is 0 Å². The number of hydrogen-bond donors (Lipinski definition) is 0. The molecule has 3 heterocycles. The third-order valence-corrected chi connectivity index (χ3v) is 5.72. The molecule has 0 N–H and O–H groups in total. The number of fused-ring (bicyclic) bond motifs is 1. The minimum atomic E-state index is 0.00210. The SMILES string of the molecule is Cc1noc(-c2ccccc2C(=O)N2CCCCC2Cc2cc3ccccc3o2)n1. The van der Waals surface area contributed by atoms with Crippen molar-refractivity contribution in [2.24, 2.45) is 0 Å². The Bertz CT molecular complexity index is 1160. The molecule has 0 radical (unpaired) electrons. The van der Waals surface area contributed by atoms with E-state index >= 15 is 0 Å². The van der Waals surface area contributed by atoms with Gasteiger partial charge in [-0.25, -0.2) is 0 Å². The molecule has 5 rings (SSSR count). The number of nitrogens with zero attached hydrogens (tertiary/aromatic N) is 3. The summed E-state index contributed by atoms with van der Waals surface area (Å²) in [7, 11) is 0. The number of likely N-dealkylation sites (tertiary alicyclic amines) is 1. The molecular formula is C24H23N3O3. The van der Waals surface area contributed by atoms with Crippen molar-refractivity contribution in [3.63, 3.8) is 0 Å². The Kier molecular flexibility index (Phi) is 4.83. The van der Waals surface area contributed by atoms with E-state index in [9.17, 15) is 4.79 Å². The molecule has 2 aromatic carbocycles. The van der Waals surface area contributed by atoms with Gasteiger partial charge in [0.15, 0.2) is 5.82 Å². The number of para-hydroxylation sites is 1. The number of rotatable bonds is 4. The van der Waals surface area contributed by atoms with Crippen LogP contribution in [0.15, 0.2) is 63.5 Å². The number of furan rings is 1. The fourth-order valence-corrected chi connectivity index (χ4v) is 4.27. The lowest BCUT2D eigenvalue weighted by atomic mass is 9.96. The van der Waals surface area contributed by atoms with Crippen LogP contribution < -0.4 is 0 Å². The van der Waals surface area contributed by atoms with Crippen molar-refractivity contribution in [3.05, 3.63) is 71.7 Å². The summed E-state index contributed by atoms with van der Waals surface area (Å²) in [5, 5.41) is 4.97. The van der Waals surface area contributed by atoms with Crippen molar-refractivity contribution >= 4 is 16.9 Å². The highest BCUT2D eigenvalue weighted by Gasteiger charge is 2.30. The topological polar surface area (TPSA) is 72.4 Å². The van der Waals surface area contributed by atoms with Gasteiger partial charge in [-0.05, 0) is 50.5 Å². The van der Waals surface area contributed by atoms with Crippen LogP contribution in [0.25, 0.3) is 22.4 Å². The highest BCUT2D eigenvalue weighted by Crippen LogP contribution is 2.29. The van der Waals surface area contributed by atoms with E-state index in [4.69, 9.17) is 8.94 Å². The van der Waals surface area contributed by atoms with Gasteiger partial charge in [0.1, 0.15) is 11.3 Å². The van der Waals surface area contributed by atoms with Crippen molar-refractivity contribution in [3.8, 4) is 11.5 Å². The second kappa shape index (κ2) is 7.78. The Labute approximate surface area is 174 Å². The van der Waals surface area contributed by atoms with Gasteiger partial charge in [0, 0.05) is 24.4 Å². The van der Waals surface area contributed by atoms with Crippen LogP contribution >= 0.6 is 0 Å². The molecule has 1 atom stereocenters. The minimum Gasteiger partial charge on any atom is -0.461 e. The molecule has 30 heavy (non-hydrogen) atoms. The molecule has 152 valence electrons. The van der Waals surface area contributed by atoms with E-state index in [2.05, 4.69) is 22.3 Å². The van der Waals surface area contributed by atoms with E-state index in [1.54, 1.807) is 6.92 Å². The maximum Gasteiger partial charge on any atom is 0.258 e. The molecule has 1 fully saturated rings. The summed E-state index contributed by atoms with van der Waals surface area (Å²) in [5.41, 5.74) is 2.16. The first-order valence-corrected chi connectivity index (χ1v) is 10.4. The maximum absolute atomic E-state index is 13.6. The lowest BCUT2D eigenvalue weighted by molar-refractivity contribution is 0.0608. The molecule has 1 saturated heterocycles. The van der Waals surface area contributed by atoms with Crippen LogP contribution in [0, 0.1) is 6.92 Å². The summed E-state index contributed by atoms with van der Waals surface area (Å²) in [6.45, 7) is 2.51. The predicted octanol–water partition coefficient (Wildman–Crippen LogP) is 5.03. The number of aromatic nitrogens is 2. The van der Waals surface area contributed by atoms with Crippen LogP contribution in [-0.4, -0.2) is 33.5 Å². The van der Waals surface area contributed by atoms with Gasteiger partial charge in [-0.1, -0.05) is 35.5 Å². The molecule has 0 aliphatic carbocycles. The number of benzene rings is 2. The Morgan fingerprint density at radius 2 is 1.97 bits per heavy atom. The van der Waals surface area contributed by atoms with Crippen LogP contribution in [0.4, 0.5) is 0 Å². The number of hydrogen-bond acceptors (Lipinski definition) is 5. The predicted molar refractivity (Wildman–Crippen MR) is 113 cm³/mol. The van der Waals surface area contributed by atoms with Crippen molar-refractivity contribution < 1.29 is 13.7 Å². The summed E-state index contributed by atoms with van der Waals surface area (Å²) < 4.78 is 11.4. The number of piperidine rings is 1. The fraction of sp³-hybridized carbons (Fsp3) is 0.292. The fourth-order valence-electron chi connectivity index (χ4n) is 4.27. The highest BCUT2D eigenvalue weighted by atomic mass is 16.5. The highest BCUT2D eigenvalue weighted by molar-refractivity contribution is 6.00. The number of carbonyl (C=O) groups excluding carboxylic acids is 1. The zero-order valence-electron chi connectivity index (χ0n) is 16.9. The molecule has 0 bridgehead atoms. The van der Waals surface area contributed by atoms with Crippen molar-refractivity contribution in [1.82, 2.24) is 15.0 Å². The molecule has 0 saturated carbocycles. The van der Waals surface area contributed by atoms with Crippen molar-refractivity contribution in [1.29, 1.82) is 0 Å². The second-order valence-corrected chi connectivity index (χ2v) is 7.80. The largest absolute Gasteiger partial charge is 0.461 e. The quantitative estimate of drug-likeness (QED) is 0.480. The van der Waals surface area contributed by atoms with Crippen LogP contribution in [0.3, 0.4) is 0 Å². The standard InChI is InChI=1S/C24H23N3O3/c1-16-25-23(30-26-16)20-10-3-4-11-21(20)24(28)27-13-7-6-9-18(27)15-19-14-17-8-2-5-12-22(17)29-19/h2-5,8,10-12,14,18H,6-7,9,13,15H2,1H3. The average molecular weight is 401 g/mol. The van der Waals surface area contributed by atoms with Gasteiger partial charge < -0.3 is 13.8 Å². The second-order valence-electron chi connectivity index (χ2n) is 7.80. The first kappa shape index (κ1) is 18.6. The van der Waals surface area contributed by atoms with Crippen LogP contribution in [-0.2, 0) is 6.42 Å². The van der Waals surface area contributed by atoms with Gasteiger partial charge in [-0.2, -0.15) is 4.98 Å². The molecule has 1 aliphatic heterocycles. The zero-order chi connectivity index (χ0) is 20.5. The summed E-state index contributed by atoms with van der Waals surface area (Å²) >= 11 is 0. The van der Waals surface area contributed by atoms with E-state index in [-0.39, 0.29) is 11.9 Å². The lowest BCUT2D eigenvalue weighted by Crippen LogP contribution is -2.45. The maximum atomic E-state index is 13.6. The van der Waals surface area contributed by atoms with Crippen molar-refractivity contribution in [2.45, 2.75) is 38.6 Å². The van der Waals surface area contributed by atoms with Gasteiger partial charge >= 0.3 is 0 Å². The first-order valence-electron chi connectivity index (χ1n) is 10.4. The molecule has 1 amide bonds. The number of carbonyl (C=O) groups is 1. The normalized spacial score (nSPS) is 16.8. The third-order valence-electron chi connectivity index (χ3n) is 5.72. The van der Waals surface area contributed by atoms with Crippen LogP contribution in [0.5, 0.6) is 0 Å². The van der Waals surface area contributed by atoms with Gasteiger partial charge in [0.05, 0.1) is 11.1 Å². The summed E-state index contributed by atoms with van der Waals surface area (Å²) in [5.74, 6) is 1.85. The smallest absolute Gasteiger partial charge is 0.258 e. The molecule has 2 aromatic heterocycles. The minimum absolute atomic E-state index is 0.00210. The Morgan fingerprint density at radius 1 is 1.13 bits per heavy atom. The number of amides is 1. The molecule has 6 heteroatoms. The van der Waals surface area contributed by atoms with Gasteiger partial charge in [0.25, 0.3) is 11.8 Å². The Morgan fingerprint density at radius 3 is 2.80 bits per heavy atom. The summed E-state index contributed by atoms with van der Waals surface area (Å²) in [6.07, 6.45) is 3.79. The van der Waals surface area contributed by atoms with Crippen LogP contribution in [0.2, 0.25) is 0 Å².